The molecule has 2 N–H and O–H groups in total. The third-order valence-corrected chi connectivity index (χ3v) is 4.54. The third-order valence-electron chi connectivity index (χ3n) is 4.54. The average molecular weight is 335 g/mol. The fourth-order valence-corrected chi connectivity index (χ4v) is 3.19. The molecule has 1 aliphatic rings. The van der Waals surface area contributed by atoms with E-state index in [9.17, 15) is 4.79 Å². The molecule has 2 aromatic carbocycles. The Bertz CT molecular complexity index is 650. The zero-order valence-corrected chi connectivity index (χ0v) is 14.4. The van der Waals surface area contributed by atoms with Crippen molar-refractivity contribution in [2.45, 2.75) is 38.1 Å². The minimum atomic E-state index is -0.102. The summed E-state index contributed by atoms with van der Waals surface area (Å²) in [5, 5.41) is 7.75. The fourth-order valence-electron chi connectivity index (χ4n) is 3.19. The molecule has 0 saturated heterocycles. The maximum atomic E-state index is 12.2. The Morgan fingerprint density at radius 1 is 0.880 bits per heavy atom. The number of hydrazone groups is 1. The molecule has 0 aromatic heterocycles. The van der Waals surface area contributed by atoms with Gasteiger partial charge in [0.2, 0.25) is 0 Å². The SMILES string of the molecule is O=C(CNC1CCCCC1)NN=C(c1ccccc1)c1ccccc1. The largest absolute Gasteiger partial charge is 0.306 e. The summed E-state index contributed by atoms with van der Waals surface area (Å²) < 4.78 is 0. The number of carbonyl (C=O) groups is 1. The van der Waals surface area contributed by atoms with Gasteiger partial charge in [0, 0.05) is 17.2 Å². The van der Waals surface area contributed by atoms with Gasteiger partial charge in [-0.25, -0.2) is 5.43 Å². The van der Waals surface area contributed by atoms with Crippen LogP contribution >= 0.6 is 0 Å². The molecule has 0 spiro atoms. The van der Waals surface area contributed by atoms with Crippen LogP contribution < -0.4 is 10.7 Å². The number of rotatable bonds is 6. The molecule has 2 aromatic rings. The molecular formula is C21H25N3O. The van der Waals surface area contributed by atoms with E-state index in [2.05, 4.69) is 15.8 Å². The van der Waals surface area contributed by atoms with Crippen LogP contribution in [0.2, 0.25) is 0 Å². The van der Waals surface area contributed by atoms with Crippen LogP contribution in [0.5, 0.6) is 0 Å². The molecular weight excluding hydrogens is 310 g/mol. The molecule has 4 nitrogen and oxygen atoms in total. The molecule has 0 aliphatic heterocycles. The average Bonchev–Trinajstić information content (AvgIpc) is 2.69. The van der Waals surface area contributed by atoms with Crippen molar-refractivity contribution in [2.75, 3.05) is 6.54 Å². The van der Waals surface area contributed by atoms with Gasteiger partial charge in [-0.15, -0.1) is 0 Å². The summed E-state index contributed by atoms with van der Waals surface area (Å²) in [6.45, 7) is 0.311. The van der Waals surface area contributed by atoms with Gasteiger partial charge < -0.3 is 5.32 Å². The standard InChI is InChI=1S/C21H25N3O/c25-20(16-22-19-14-8-3-9-15-19)23-24-21(17-10-4-1-5-11-17)18-12-6-2-7-13-18/h1-2,4-7,10-13,19,22H,3,8-9,14-16H2,(H,23,25). The van der Waals surface area contributed by atoms with Crippen LogP contribution in [-0.4, -0.2) is 24.2 Å². The van der Waals surface area contributed by atoms with E-state index in [0.717, 1.165) is 29.7 Å². The van der Waals surface area contributed by atoms with Gasteiger partial charge in [-0.05, 0) is 12.8 Å². The van der Waals surface area contributed by atoms with Crippen LogP contribution in [0.1, 0.15) is 43.2 Å². The maximum absolute atomic E-state index is 12.2. The molecule has 0 heterocycles. The van der Waals surface area contributed by atoms with Gasteiger partial charge in [0.15, 0.2) is 0 Å². The van der Waals surface area contributed by atoms with Crippen LogP contribution in [-0.2, 0) is 4.79 Å². The lowest BCUT2D eigenvalue weighted by Gasteiger charge is -2.22. The molecule has 130 valence electrons. The Balaban J connectivity index is 1.65. The highest BCUT2D eigenvalue weighted by Crippen LogP contribution is 2.17. The number of nitrogens with zero attached hydrogens (tertiary/aromatic N) is 1. The Morgan fingerprint density at radius 3 is 2.00 bits per heavy atom. The molecule has 0 atom stereocenters. The first-order valence-electron chi connectivity index (χ1n) is 9.03. The van der Waals surface area contributed by atoms with E-state index in [-0.39, 0.29) is 5.91 Å². The first kappa shape index (κ1) is 17.4. The zero-order valence-electron chi connectivity index (χ0n) is 14.4. The van der Waals surface area contributed by atoms with Gasteiger partial charge in [0.05, 0.1) is 12.3 Å². The monoisotopic (exact) mass is 335 g/mol. The van der Waals surface area contributed by atoms with Crippen molar-refractivity contribution >= 4 is 11.6 Å². The van der Waals surface area contributed by atoms with Crippen LogP contribution in [0.4, 0.5) is 0 Å². The summed E-state index contributed by atoms with van der Waals surface area (Å²) in [5.74, 6) is -0.102. The van der Waals surface area contributed by atoms with Gasteiger partial charge in [-0.3, -0.25) is 4.79 Å². The van der Waals surface area contributed by atoms with E-state index in [1.54, 1.807) is 0 Å². The molecule has 4 heteroatoms. The summed E-state index contributed by atoms with van der Waals surface area (Å²) in [4.78, 5) is 12.2. The normalized spacial score (nSPS) is 14.7. The first-order chi connectivity index (χ1) is 12.3. The van der Waals surface area contributed by atoms with Crippen molar-refractivity contribution in [3.05, 3.63) is 71.8 Å². The van der Waals surface area contributed by atoms with Crippen LogP contribution in [0, 0.1) is 0 Å². The van der Waals surface area contributed by atoms with E-state index in [0.29, 0.717) is 12.6 Å². The summed E-state index contributed by atoms with van der Waals surface area (Å²) in [5.41, 5.74) is 5.44. The third kappa shape index (κ3) is 5.26. The minimum Gasteiger partial charge on any atom is -0.306 e. The summed E-state index contributed by atoms with van der Waals surface area (Å²) in [6.07, 6.45) is 6.14. The topological polar surface area (TPSA) is 53.5 Å². The highest BCUT2D eigenvalue weighted by molar-refractivity contribution is 6.13. The Hall–Kier alpha value is -2.46. The second kappa shape index (κ2) is 9.14. The lowest BCUT2D eigenvalue weighted by Crippen LogP contribution is -2.38. The molecule has 3 rings (SSSR count). The van der Waals surface area contributed by atoms with Gasteiger partial charge >= 0.3 is 0 Å². The molecule has 0 bridgehead atoms. The number of carbonyl (C=O) groups excluding carboxylic acids is 1. The van der Waals surface area contributed by atoms with Crippen molar-refractivity contribution in [3.8, 4) is 0 Å². The first-order valence-corrected chi connectivity index (χ1v) is 9.03. The Morgan fingerprint density at radius 2 is 1.44 bits per heavy atom. The van der Waals surface area contributed by atoms with E-state index < -0.39 is 0 Å². The van der Waals surface area contributed by atoms with Gasteiger partial charge in [-0.1, -0.05) is 79.9 Å². The van der Waals surface area contributed by atoms with Crippen molar-refractivity contribution in [3.63, 3.8) is 0 Å². The number of amides is 1. The molecule has 0 radical (unpaired) electrons. The molecule has 0 unspecified atom stereocenters. The molecule has 1 fully saturated rings. The zero-order chi connectivity index (χ0) is 17.3. The minimum absolute atomic E-state index is 0.102. The lowest BCUT2D eigenvalue weighted by atomic mass is 9.95. The van der Waals surface area contributed by atoms with Crippen LogP contribution in [0.15, 0.2) is 65.8 Å². The number of nitrogens with one attached hydrogen (secondary N) is 2. The van der Waals surface area contributed by atoms with E-state index in [1.165, 1.54) is 19.3 Å². The molecule has 25 heavy (non-hydrogen) atoms. The number of benzene rings is 2. The fraction of sp³-hybridized carbons (Fsp3) is 0.333. The van der Waals surface area contributed by atoms with Crippen molar-refractivity contribution in [2.24, 2.45) is 5.10 Å². The molecule has 1 amide bonds. The van der Waals surface area contributed by atoms with Crippen molar-refractivity contribution in [1.29, 1.82) is 0 Å². The maximum Gasteiger partial charge on any atom is 0.254 e. The predicted octanol–water partition coefficient (Wildman–Crippen LogP) is 3.48. The van der Waals surface area contributed by atoms with Crippen LogP contribution in [0.3, 0.4) is 0 Å². The second-order valence-electron chi connectivity index (χ2n) is 6.44. The van der Waals surface area contributed by atoms with Gasteiger partial charge in [0.1, 0.15) is 0 Å². The summed E-state index contributed by atoms with van der Waals surface area (Å²) >= 11 is 0. The number of hydrogen-bond acceptors (Lipinski definition) is 3. The lowest BCUT2D eigenvalue weighted by molar-refractivity contribution is -0.120. The second-order valence-corrected chi connectivity index (χ2v) is 6.44. The molecule has 1 aliphatic carbocycles. The predicted molar refractivity (Wildman–Crippen MR) is 102 cm³/mol. The van der Waals surface area contributed by atoms with Crippen molar-refractivity contribution in [1.82, 2.24) is 10.7 Å². The highest BCUT2D eigenvalue weighted by atomic mass is 16.2. The quantitative estimate of drug-likeness (QED) is 0.627. The van der Waals surface area contributed by atoms with Gasteiger partial charge in [0.25, 0.3) is 5.91 Å². The van der Waals surface area contributed by atoms with E-state index in [1.807, 2.05) is 60.7 Å². The summed E-state index contributed by atoms with van der Waals surface area (Å²) in [7, 11) is 0. The van der Waals surface area contributed by atoms with Crippen molar-refractivity contribution < 1.29 is 4.79 Å². The Kier molecular flexibility index (Phi) is 6.35. The Labute approximate surface area is 149 Å². The van der Waals surface area contributed by atoms with E-state index in [4.69, 9.17) is 0 Å². The van der Waals surface area contributed by atoms with Gasteiger partial charge in [-0.2, -0.15) is 5.10 Å². The molecule has 1 saturated carbocycles. The van der Waals surface area contributed by atoms with Crippen LogP contribution in [0.25, 0.3) is 0 Å². The highest BCUT2D eigenvalue weighted by Gasteiger charge is 2.14. The number of hydrogen-bond donors (Lipinski definition) is 2. The summed E-state index contributed by atoms with van der Waals surface area (Å²) in [6, 6.07) is 20.3. The smallest absolute Gasteiger partial charge is 0.254 e. The van der Waals surface area contributed by atoms with E-state index >= 15 is 0 Å².